The molecule has 166 valence electrons. The van der Waals surface area contributed by atoms with Gasteiger partial charge in [-0.1, -0.05) is 13.0 Å². The van der Waals surface area contributed by atoms with Crippen molar-refractivity contribution in [3.05, 3.63) is 59.4 Å². The van der Waals surface area contributed by atoms with Crippen molar-refractivity contribution < 1.29 is 36.3 Å². The van der Waals surface area contributed by atoms with E-state index in [1.807, 2.05) is 0 Å². The Morgan fingerprint density at radius 2 is 1.84 bits per heavy atom. The maximum absolute atomic E-state index is 13.8. The largest absolute Gasteiger partial charge is 0.417 e. The highest BCUT2D eigenvalue weighted by atomic mass is 19.4. The third-order valence-electron chi connectivity index (χ3n) is 5.54. The summed E-state index contributed by atoms with van der Waals surface area (Å²) in [6.07, 6.45) is -5.34. The van der Waals surface area contributed by atoms with Gasteiger partial charge in [-0.3, -0.25) is 14.6 Å². The van der Waals surface area contributed by atoms with Crippen molar-refractivity contribution in [2.45, 2.75) is 37.6 Å². The summed E-state index contributed by atoms with van der Waals surface area (Å²) in [5.41, 5.74) is 2.27. The Bertz CT molecular complexity index is 1030. The minimum atomic E-state index is -4.84. The lowest BCUT2D eigenvalue weighted by Crippen LogP contribution is -2.47. The van der Waals surface area contributed by atoms with Gasteiger partial charge < -0.3 is 15.8 Å². The van der Waals surface area contributed by atoms with Crippen LogP contribution in [0.5, 0.6) is 0 Å². The van der Waals surface area contributed by atoms with Crippen molar-refractivity contribution in [2.75, 3.05) is 5.32 Å². The second kappa shape index (κ2) is 7.88. The Hall–Kier alpha value is -3.08. The van der Waals surface area contributed by atoms with Crippen LogP contribution in [0.15, 0.2) is 36.5 Å². The van der Waals surface area contributed by atoms with Crippen molar-refractivity contribution >= 4 is 17.5 Å². The van der Waals surface area contributed by atoms with Crippen LogP contribution in [0.25, 0.3) is 0 Å². The van der Waals surface area contributed by atoms with Crippen LogP contribution in [0, 0.1) is 17.6 Å². The topological polar surface area (TPSA) is 94.3 Å². The summed E-state index contributed by atoms with van der Waals surface area (Å²) in [5, 5.41) is 2.37. The molecule has 1 aliphatic heterocycles. The van der Waals surface area contributed by atoms with E-state index in [4.69, 9.17) is 10.5 Å². The summed E-state index contributed by atoms with van der Waals surface area (Å²) in [5.74, 6) is -6.82. The number of anilines is 1. The van der Waals surface area contributed by atoms with Crippen LogP contribution >= 0.6 is 0 Å². The molecule has 3 N–H and O–H groups in total. The first-order valence-electron chi connectivity index (χ1n) is 9.11. The zero-order valence-corrected chi connectivity index (χ0v) is 16.3. The molecule has 0 radical (unpaired) electrons. The molecule has 31 heavy (non-hydrogen) atoms. The molecular formula is C20H18F5N3O3. The highest BCUT2D eigenvalue weighted by Gasteiger charge is 2.65. The highest BCUT2D eigenvalue weighted by Crippen LogP contribution is 2.53. The van der Waals surface area contributed by atoms with Gasteiger partial charge in [-0.05, 0) is 36.8 Å². The summed E-state index contributed by atoms with van der Waals surface area (Å²) in [6.45, 7) is 2.03. The number of hydrogen-bond donors (Lipinski definition) is 2. The second-order valence-corrected chi connectivity index (χ2v) is 7.41. The van der Waals surface area contributed by atoms with Crippen LogP contribution < -0.4 is 11.1 Å². The molecule has 3 rings (SSSR count). The number of amides is 2. The van der Waals surface area contributed by atoms with Gasteiger partial charge in [0.05, 0.1) is 0 Å². The number of ether oxygens (including phenoxy) is 1. The van der Waals surface area contributed by atoms with Crippen molar-refractivity contribution in [2.24, 2.45) is 11.7 Å². The van der Waals surface area contributed by atoms with E-state index in [0.717, 1.165) is 31.2 Å². The summed E-state index contributed by atoms with van der Waals surface area (Å²) in [4.78, 5) is 27.9. The first-order valence-corrected chi connectivity index (χ1v) is 9.11. The first kappa shape index (κ1) is 22.6. The van der Waals surface area contributed by atoms with Gasteiger partial charge in [0.25, 0.3) is 11.8 Å². The number of carbonyl (C=O) groups is 2. The standard InChI is InChI=1S/C20H18F5N3O3/c1-9-15(10-3-4-12(21)13(22)7-10)16(31-19(9,2)20(23,24)25)18(30)28-11-5-6-27-14(8-11)17(26)29/h3-9,15-16H,1-2H3,(H2,26,29)(H,27,28,30)/t9-,15+,16-,19+/m0/s1. The van der Waals surface area contributed by atoms with Crippen LogP contribution in [0.3, 0.4) is 0 Å². The van der Waals surface area contributed by atoms with Crippen molar-refractivity contribution in [1.82, 2.24) is 4.98 Å². The second-order valence-electron chi connectivity index (χ2n) is 7.41. The van der Waals surface area contributed by atoms with Crippen molar-refractivity contribution in [3.8, 4) is 0 Å². The molecule has 1 aromatic carbocycles. The summed E-state index contributed by atoms with van der Waals surface area (Å²) >= 11 is 0. The predicted molar refractivity (Wildman–Crippen MR) is 99.0 cm³/mol. The minimum absolute atomic E-state index is 0.0212. The van der Waals surface area contributed by atoms with Gasteiger partial charge >= 0.3 is 6.18 Å². The molecule has 0 spiro atoms. The number of halogens is 5. The predicted octanol–water partition coefficient (Wildman–Crippen LogP) is 3.54. The Labute approximate surface area is 173 Å². The quantitative estimate of drug-likeness (QED) is 0.707. The molecule has 1 fully saturated rings. The van der Waals surface area contributed by atoms with Gasteiger partial charge in [0, 0.05) is 23.7 Å². The lowest BCUT2D eigenvalue weighted by molar-refractivity contribution is -0.272. The van der Waals surface area contributed by atoms with E-state index >= 15 is 0 Å². The van der Waals surface area contributed by atoms with Crippen LogP contribution in [0.4, 0.5) is 27.6 Å². The number of alkyl halides is 3. The van der Waals surface area contributed by atoms with E-state index in [-0.39, 0.29) is 16.9 Å². The maximum Gasteiger partial charge on any atom is 0.417 e. The average Bonchev–Trinajstić information content (AvgIpc) is 2.96. The molecule has 2 amide bonds. The summed E-state index contributed by atoms with van der Waals surface area (Å²) in [6, 6.07) is 5.09. The molecule has 2 aromatic rings. The lowest BCUT2D eigenvalue weighted by atomic mass is 9.77. The van der Waals surface area contributed by atoms with Gasteiger partial charge in [0.1, 0.15) is 11.8 Å². The Kier molecular flexibility index (Phi) is 5.74. The molecule has 11 heteroatoms. The molecule has 1 aliphatic rings. The fourth-order valence-electron chi connectivity index (χ4n) is 3.63. The maximum atomic E-state index is 13.8. The molecule has 0 saturated carbocycles. The molecule has 6 nitrogen and oxygen atoms in total. The Morgan fingerprint density at radius 1 is 1.16 bits per heavy atom. The smallest absolute Gasteiger partial charge is 0.364 e. The summed E-state index contributed by atoms with van der Waals surface area (Å²) in [7, 11) is 0. The van der Waals surface area contributed by atoms with E-state index in [2.05, 4.69) is 10.3 Å². The number of aromatic nitrogens is 1. The number of primary amides is 1. The minimum Gasteiger partial charge on any atom is -0.364 e. The Balaban J connectivity index is 2.00. The highest BCUT2D eigenvalue weighted by molar-refractivity contribution is 5.97. The van der Waals surface area contributed by atoms with Crippen LogP contribution in [-0.4, -0.2) is 34.7 Å². The van der Waals surface area contributed by atoms with Crippen LogP contribution in [0.2, 0.25) is 0 Å². The lowest BCUT2D eigenvalue weighted by Gasteiger charge is -2.31. The van der Waals surface area contributed by atoms with E-state index in [1.54, 1.807) is 0 Å². The van der Waals surface area contributed by atoms with Crippen molar-refractivity contribution in [3.63, 3.8) is 0 Å². The molecule has 0 aliphatic carbocycles. The van der Waals surface area contributed by atoms with Gasteiger partial charge in [-0.15, -0.1) is 0 Å². The molecule has 0 bridgehead atoms. The monoisotopic (exact) mass is 443 g/mol. The van der Waals surface area contributed by atoms with Gasteiger partial charge in [-0.25, -0.2) is 8.78 Å². The number of hydrogen-bond acceptors (Lipinski definition) is 4. The normalized spacial score (nSPS) is 26.0. The molecule has 0 unspecified atom stereocenters. The zero-order chi connectivity index (χ0) is 23.1. The van der Waals surface area contributed by atoms with E-state index in [9.17, 15) is 31.5 Å². The van der Waals surface area contributed by atoms with Gasteiger partial charge in [0.2, 0.25) is 0 Å². The van der Waals surface area contributed by atoms with Crippen LogP contribution in [0.1, 0.15) is 35.8 Å². The SMILES string of the molecule is C[C@H]1[C@H](c2ccc(F)c(F)c2)[C@@H](C(=O)Nc2ccnc(C(N)=O)c2)O[C@@]1(C)C(F)(F)F. The molecule has 1 aromatic heterocycles. The first-order chi connectivity index (χ1) is 14.3. The van der Waals surface area contributed by atoms with Crippen LogP contribution in [-0.2, 0) is 9.53 Å². The van der Waals surface area contributed by atoms with Gasteiger partial charge in [0.15, 0.2) is 17.2 Å². The number of pyridine rings is 1. The summed E-state index contributed by atoms with van der Waals surface area (Å²) < 4.78 is 73.7. The molecule has 1 saturated heterocycles. The number of rotatable bonds is 4. The van der Waals surface area contributed by atoms with Gasteiger partial charge in [-0.2, -0.15) is 13.2 Å². The average molecular weight is 443 g/mol. The fourth-order valence-corrected chi connectivity index (χ4v) is 3.63. The molecular weight excluding hydrogens is 425 g/mol. The van der Waals surface area contributed by atoms with E-state index < -0.39 is 53.2 Å². The number of nitrogens with two attached hydrogens (primary N) is 1. The number of nitrogens with zero attached hydrogens (tertiary/aromatic N) is 1. The Morgan fingerprint density at radius 3 is 2.42 bits per heavy atom. The number of nitrogens with one attached hydrogen (secondary N) is 1. The zero-order valence-electron chi connectivity index (χ0n) is 16.3. The van der Waals surface area contributed by atoms with E-state index in [1.165, 1.54) is 19.2 Å². The molecule has 2 heterocycles. The number of benzene rings is 1. The van der Waals surface area contributed by atoms with Crippen molar-refractivity contribution in [1.29, 1.82) is 0 Å². The fraction of sp³-hybridized carbons (Fsp3) is 0.350. The third kappa shape index (κ3) is 4.09. The van der Waals surface area contributed by atoms with E-state index in [0.29, 0.717) is 0 Å². The molecule has 4 atom stereocenters. The number of carbonyl (C=O) groups excluding carboxylic acids is 2. The third-order valence-corrected chi connectivity index (χ3v) is 5.54.